The van der Waals surface area contributed by atoms with Gasteiger partial charge in [-0.05, 0) is 27.2 Å². The molecule has 0 saturated carbocycles. The Kier molecular flexibility index (Phi) is 4.11. The van der Waals surface area contributed by atoms with Crippen molar-refractivity contribution in [3.8, 4) is 0 Å². The summed E-state index contributed by atoms with van der Waals surface area (Å²) in [5.74, 6) is -0.0814. The summed E-state index contributed by atoms with van der Waals surface area (Å²) >= 11 is 0. The molecular weight excluding hydrogens is 194 g/mol. The molecule has 2 atom stereocenters. The number of rotatable bonds is 2. The van der Waals surface area contributed by atoms with Gasteiger partial charge in [-0.3, -0.25) is 4.79 Å². The lowest BCUT2D eigenvalue weighted by Crippen LogP contribution is -2.40. The van der Waals surface area contributed by atoms with Crippen LogP contribution >= 0.6 is 0 Å². The first-order chi connectivity index (χ1) is 6.88. The Morgan fingerprint density at radius 2 is 2.20 bits per heavy atom. The van der Waals surface area contributed by atoms with Crippen molar-refractivity contribution in [1.29, 1.82) is 0 Å². The van der Waals surface area contributed by atoms with E-state index < -0.39 is 5.60 Å². The average molecular weight is 215 g/mol. The monoisotopic (exact) mass is 215 g/mol. The van der Waals surface area contributed by atoms with Gasteiger partial charge in [-0.2, -0.15) is 0 Å². The highest BCUT2D eigenvalue weighted by molar-refractivity contribution is 5.70. The third-order valence-electron chi connectivity index (χ3n) is 2.38. The molecule has 0 unspecified atom stereocenters. The molecule has 15 heavy (non-hydrogen) atoms. The van der Waals surface area contributed by atoms with E-state index in [0.717, 1.165) is 6.42 Å². The first kappa shape index (κ1) is 12.5. The molecule has 0 aliphatic carbocycles. The largest absolute Gasteiger partial charge is 0.460 e. The molecule has 1 fully saturated rings. The van der Waals surface area contributed by atoms with Crippen molar-refractivity contribution in [3.05, 3.63) is 0 Å². The van der Waals surface area contributed by atoms with Crippen molar-refractivity contribution in [2.24, 2.45) is 11.7 Å². The number of nitrogens with two attached hydrogens (primary N) is 1. The first-order valence-corrected chi connectivity index (χ1v) is 5.43. The number of esters is 1. The molecule has 0 spiro atoms. The van der Waals surface area contributed by atoms with E-state index in [1.165, 1.54) is 0 Å². The lowest BCUT2D eigenvalue weighted by molar-refractivity contribution is -0.157. The summed E-state index contributed by atoms with van der Waals surface area (Å²) in [5.41, 5.74) is 5.48. The Balaban J connectivity index is 2.36. The molecule has 0 aromatic heterocycles. The van der Waals surface area contributed by atoms with Gasteiger partial charge in [0.2, 0.25) is 0 Å². The maximum Gasteiger partial charge on any atom is 0.306 e. The van der Waals surface area contributed by atoms with E-state index in [1.54, 1.807) is 0 Å². The summed E-state index contributed by atoms with van der Waals surface area (Å²) in [5, 5.41) is 0. The molecular formula is C11H21NO3. The minimum atomic E-state index is -0.420. The minimum Gasteiger partial charge on any atom is -0.460 e. The van der Waals surface area contributed by atoms with Crippen LogP contribution in [-0.4, -0.2) is 30.8 Å². The van der Waals surface area contributed by atoms with Crippen LogP contribution < -0.4 is 5.73 Å². The van der Waals surface area contributed by atoms with Gasteiger partial charge >= 0.3 is 5.97 Å². The zero-order chi connectivity index (χ0) is 11.5. The zero-order valence-electron chi connectivity index (χ0n) is 9.79. The van der Waals surface area contributed by atoms with Crippen molar-refractivity contribution < 1.29 is 14.3 Å². The number of ether oxygens (including phenoxy) is 2. The van der Waals surface area contributed by atoms with Crippen LogP contribution in [0.4, 0.5) is 0 Å². The van der Waals surface area contributed by atoms with Crippen LogP contribution in [0.1, 0.15) is 33.6 Å². The van der Waals surface area contributed by atoms with Crippen LogP contribution in [0.15, 0.2) is 0 Å². The van der Waals surface area contributed by atoms with Gasteiger partial charge in [-0.15, -0.1) is 0 Å². The maximum absolute atomic E-state index is 11.5. The lowest BCUT2D eigenvalue weighted by atomic mass is 9.93. The highest BCUT2D eigenvalue weighted by atomic mass is 16.6. The van der Waals surface area contributed by atoms with Crippen molar-refractivity contribution >= 4 is 5.97 Å². The summed E-state index contributed by atoms with van der Waals surface area (Å²) in [6.45, 7) is 6.86. The van der Waals surface area contributed by atoms with Gasteiger partial charge in [-0.1, -0.05) is 0 Å². The van der Waals surface area contributed by atoms with Gasteiger partial charge in [0.1, 0.15) is 5.60 Å². The van der Waals surface area contributed by atoms with Crippen LogP contribution in [0, 0.1) is 5.92 Å². The molecule has 88 valence electrons. The molecule has 1 heterocycles. The van der Waals surface area contributed by atoms with Gasteiger partial charge in [0, 0.05) is 18.6 Å². The lowest BCUT2D eigenvalue weighted by Gasteiger charge is -2.29. The molecule has 0 aromatic carbocycles. The topological polar surface area (TPSA) is 61.5 Å². The van der Waals surface area contributed by atoms with E-state index in [4.69, 9.17) is 15.2 Å². The molecule has 1 aliphatic heterocycles. The smallest absolute Gasteiger partial charge is 0.306 e. The maximum atomic E-state index is 11.5. The SMILES string of the molecule is CC(C)(C)OC(=O)C[C@H]1COCC[C@H]1N. The number of carbonyl (C=O) groups excluding carboxylic acids is 1. The zero-order valence-corrected chi connectivity index (χ0v) is 9.79. The average Bonchev–Trinajstić information content (AvgIpc) is 2.05. The Morgan fingerprint density at radius 3 is 2.73 bits per heavy atom. The van der Waals surface area contributed by atoms with Crippen molar-refractivity contribution in [3.63, 3.8) is 0 Å². The summed E-state index contributed by atoms with van der Waals surface area (Å²) in [7, 11) is 0. The summed E-state index contributed by atoms with van der Waals surface area (Å²) in [4.78, 5) is 11.5. The van der Waals surface area contributed by atoms with Crippen molar-refractivity contribution in [1.82, 2.24) is 0 Å². The number of carbonyl (C=O) groups is 1. The van der Waals surface area contributed by atoms with Crippen LogP contribution in [0.3, 0.4) is 0 Å². The Hall–Kier alpha value is -0.610. The van der Waals surface area contributed by atoms with E-state index in [1.807, 2.05) is 20.8 Å². The Labute approximate surface area is 91.1 Å². The fraction of sp³-hybridized carbons (Fsp3) is 0.909. The number of hydrogen-bond donors (Lipinski definition) is 1. The summed E-state index contributed by atoms with van der Waals surface area (Å²) in [6.07, 6.45) is 1.19. The van der Waals surface area contributed by atoms with Crippen LogP contribution in [0.25, 0.3) is 0 Å². The standard InChI is InChI=1S/C11H21NO3/c1-11(2,3)15-10(13)6-8-7-14-5-4-9(8)12/h8-9H,4-7,12H2,1-3H3/t8-,9+/m0/s1. The second kappa shape index (κ2) is 4.94. The van der Waals surface area contributed by atoms with Gasteiger partial charge < -0.3 is 15.2 Å². The molecule has 0 amide bonds. The van der Waals surface area contributed by atoms with E-state index in [2.05, 4.69) is 0 Å². The molecule has 1 saturated heterocycles. The fourth-order valence-electron chi connectivity index (χ4n) is 1.62. The predicted molar refractivity (Wildman–Crippen MR) is 57.4 cm³/mol. The predicted octanol–water partition coefficient (Wildman–Crippen LogP) is 1.08. The molecule has 1 aliphatic rings. The molecule has 2 N–H and O–H groups in total. The Bertz CT molecular complexity index is 222. The molecule has 0 aromatic rings. The van der Waals surface area contributed by atoms with E-state index in [-0.39, 0.29) is 17.9 Å². The number of hydrogen-bond acceptors (Lipinski definition) is 4. The molecule has 4 heteroatoms. The normalized spacial score (nSPS) is 27.5. The van der Waals surface area contributed by atoms with E-state index >= 15 is 0 Å². The minimum absolute atomic E-state index is 0.0614. The van der Waals surface area contributed by atoms with Crippen LogP contribution in [-0.2, 0) is 14.3 Å². The quantitative estimate of drug-likeness (QED) is 0.700. The molecule has 0 bridgehead atoms. The first-order valence-electron chi connectivity index (χ1n) is 5.43. The third-order valence-corrected chi connectivity index (χ3v) is 2.38. The highest BCUT2D eigenvalue weighted by Gasteiger charge is 2.27. The summed E-state index contributed by atoms with van der Waals surface area (Å²) in [6, 6.07) is 0.0614. The van der Waals surface area contributed by atoms with E-state index in [0.29, 0.717) is 19.6 Å². The highest BCUT2D eigenvalue weighted by Crippen LogP contribution is 2.18. The second-order valence-corrected chi connectivity index (χ2v) is 5.08. The molecule has 1 rings (SSSR count). The van der Waals surface area contributed by atoms with E-state index in [9.17, 15) is 4.79 Å². The fourth-order valence-corrected chi connectivity index (χ4v) is 1.62. The van der Waals surface area contributed by atoms with Gasteiger partial charge in [0.25, 0.3) is 0 Å². The van der Waals surface area contributed by atoms with Gasteiger partial charge in [-0.25, -0.2) is 0 Å². The molecule has 4 nitrogen and oxygen atoms in total. The second-order valence-electron chi connectivity index (χ2n) is 5.08. The Morgan fingerprint density at radius 1 is 1.53 bits per heavy atom. The molecule has 0 radical (unpaired) electrons. The third kappa shape index (κ3) is 4.62. The summed E-state index contributed by atoms with van der Waals surface area (Å²) < 4.78 is 10.5. The van der Waals surface area contributed by atoms with Gasteiger partial charge in [0.05, 0.1) is 13.0 Å². The van der Waals surface area contributed by atoms with Crippen LogP contribution in [0.2, 0.25) is 0 Å². The van der Waals surface area contributed by atoms with Crippen molar-refractivity contribution in [2.45, 2.75) is 45.3 Å². The van der Waals surface area contributed by atoms with Crippen LogP contribution in [0.5, 0.6) is 0 Å². The van der Waals surface area contributed by atoms with Gasteiger partial charge in [0.15, 0.2) is 0 Å². The van der Waals surface area contributed by atoms with Crippen molar-refractivity contribution in [2.75, 3.05) is 13.2 Å².